The molecule has 0 radical (unpaired) electrons. The lowest BCUT2D eigenvalue weighted by atomic mass is 10.1. The molecule has 162 valence electrons. The Bertz CT molecular complexity index is 1020. The Morgan fingerprint density at radius 1 is 0.903 bits per heavy atom. The van der Waals surface area contributed by atoms with Gasteiger partial charge < -0.3 is 20.1 Å². The van der Waals surface area contributed by atoms with Gasteiger partial charge in [-0.15, -0.1) is 10.2 Å². The lowest BCUT2D eigenvalue weighted by Gasteiger charge is -2.11. The minimum Gasteiger partial charge on any atom is -0.423 e. The van der Waals surface area contributed by atoms with Gasteiger partial charge in [0.2, 0.25) is 5.13 Å². The highest BCUT2D eigenvalue weighted by Gasteiger charge is 2.11. The van der Waals surface area contributed by atoms with E-state index in [0.717, 1.165) is 47.3 Å². The third-order valence-electron chi connectivity index (χ3n) is 4.11. The maximum atomic E-state index is 11.3. The number of esters is 2. The predicted molar refractivity (Wildman–Crippen MR) is 119 cm³/mol. The van der Waals surface area contributed by atoms with E-state index in [1.165, 1.54) is 25.2 Å². The summed E-state index contributed by atoms with van der Waals surface area (Å²) in [7, 11) is 0. The predicted octanol–water partition coefficient (Wildman–Crippen LogP) is 3.51. The fraction of sp³-hybridized carbons (Fsp3) is 0.273. The Morgan fingerprint density at radius 3 is 2.35 bits per heavy atom. The molecule has 3 aromatic rings. The first kappa shape index (κ1) is 22.4. The third-order valence-corrected chi connectivity index (χ3v) is 5.01. The lowest BCUT2D eigenvalue weighted by molar-refractivity contribution is -0.134. The Morgan fingerprint density at radius 2 is 1.61 bits per heavy atom. The average molecular weight is 441 g/mol. The number of aromatic nitrogens is 2. The van der Waals surface area contributed by atoms with Crippen molar-refractivity contribution in [2.75, 3.05) is 18.4 Å². The highest BCUT2D eigenvalue weighted by Crippen LogP contribution is 2.29. The van der Waals surface area contributed by atoms with Gasteiger partial charge in [-0.2, -0.15) is 0 Å². The van der Waals surface area contributed by atoms with Gasteiger partial charge in [0.05, 0.1) is 0 Å². The number of anilines is 2. The first-order valence-electron chi connectivity index (χ1n) is 9.84. The molecule has 0 aliphatic rings. The van der Waals surface area contributed by atoms with Crippen LogP contribution in [0.3, 0.4) is 0 Å². The first-order chi connectivity index (χ1) is 15.0. The minimum atomic E-state index is -0.471. The third kappa shape index (κ3) is 7.47. The molecule has 8 nitrogen and oxygen atoms in total. The van der Waals surface area contributed by atoms with Crippen LogP contribution in [0.2, 0.25) is 0 Å². The van der Waals surface area contributed by atoms with Crippen LogP contribution >= 0.6 is 11.3 Å². The molecule has 0 atom stereocenters. The molecule has 0 fully saturated rings. The molecule has 0 saturated carbocycles. The molecular formula is C22H24N4O4S. The van der Waals surface area contributed by atoms with E-state index in [-0.39, 0.29) is 11.5 Å². The normalized spacial score (nSPS) is 10.5. The van der Waals surface area contributed by atoms with Crippen molar-refractivity contribution in [3.63, 3.8) is 0 Å². The van der Waals surface area contributed by atoms with Gasteiger partial charge in [0, 0.05) is 32.5 Å². The molecule has 0 unspecified atom stereocenters. The Labute approximate surface area is 184 Å². The van der Waals surface area contributed by atoms with Gasteiger partial charge in [-0.25, -0.2) is 0 Å². The van der Waals surface area contributed by atoms with Crippen molar-refractivity contribution in [3.8, 4) is 11.5 Å². The van der Waals surface area contributed by atoms with Crippen molar-refractivity contribution < 1.29 is 19.1 Å². The summed E-state index contributed by atoms with van der Waals surface area (Å²) in [6.07, 6.45) is 1.50. The quantitative estimate of drug-likeness (QED) is 0.281. The largest absolute Gasteiger partial charge is 0.423 e. The number of nitrogens with one attached hydrogen (secondary N) is 2. The summed E-state index contributed by atoms with van der Waals surface area (Å²) in [5, 5.41) is 16.7. The molecule has 9 heteroatoms. The van der Waals surface area contributed by atoms with Gasteiger partial charge in [0.1, 0.15) is 5.01 Å². The molecule has 0 aliphatic heterocycles. The maximum Gasteiger partial charge on any atom is 0.308 e. The van der Waals surface area contributed by atoms with Gasteiger partial charge in [0.25, 0.3) is 0 Å². The number of ether oxygens (including phenoxy) is 2. The zero-order chi connectivity index (χ0) is 22.1. The number of nitrogens with zero attached hydrogens (tertiary/aromatic N) is 2. The minimum absolute atomic E-state index is 0.232. The van der Waals surface area contributed by atoms with Gasteiger partial charge in [-0.3, -0.25) is 9.59 Å². The molecular weight excluding hydrogens is 416 g/mol. The summed E-state index contributed by atoms with van der Waals surface area (Å²) in [6, 6.07) is 15.1. The number of rotatable bonds is 10. The van der Waals surface area contributed by atoms with Crippen LogP contribution in [0.25, 0.3) is 0 Å². The van der Waals surface area contributed by atoms with E-state index in [1.807, 2.05) is 36.4 Å². The first-order valence-corrected chi connectivity index (χ1v) is 10.7. The molecule has 2 N–H and O–H groups in total. The number of carbonyl (C=O) groups excluding carboxylic acids is 2. The Hall–Kier alpha value is -3.30. The topological polar surface area (TPSA) is 102 Å². The van der Waals surface area contributed by atoms with Crippen LogP contribution in [0, 0.1) is 0 Å². The highest BCUT2D eigenvalue weighted by atomic mass is 32.1. The highest BCUT2D eigenvalue weighted by molar-refractivity contribution is 7.15. The lowest BCUT2D eigenvalue weighted by Crippen LogP contribution is -2.20. The summed E-state index contributed by atoms with van der Waals surface area (Å²) in [6.45, 7) is 4.11. The molecule has 0 spiro atoms. The second-order valence-corrected chi connectivity index (χ2v) is 7.77. The van der Waals surface area contributed by atoms with Crippen LogP contribution in [-0.4, -0.2) is 35.2 Å². The van der Waals surface area contributed by atoms with Gasteiger partial charge in [0.15, 0.2) is 11.5 Å². The number of carbonyl (C=O) groups is 2. The van der Waals surface area contributed by atoms with E-state index in [9.17, 15) is 9.59 Å². The fourth-order valence-corrected chi connectivity index (χ4v) is 3.54. The van der Waals surface area contributed by atoms with Crippen molar-refractivity contribution in [1.29, 1.82) is 0 Å². The van der Waals surface area contributed by atoms with E-state index in [2.05, 4.69) is 20.8 Å². The van der Waals surface area contributed by atoms with Gasteiger partial charge in [-0.1, -0.05) is 35.6 Å². The van der Waals surface area contributed by atoms with Crippen molar-refractivity contribution in [2.45, 2.75) is 26.7 Å². The standard InChI is InChI=1S/C22H24N4O4S/c1-15(27)29-19-9-8-17(14-20(19)30-16(2)28)10-12-23-13-11-21-25-26-22(31-21)24-18-6-4-3-5-7-18/h3-9,14,23H,10-13H2,1-2H3,(H,24,26). The Balaban J connectivity index is 1.44. The van der Waals surface area contributed by atoms with Crippen LogP contribution in [0.15, 0.2) is 48.5 Å². The second kappa shape index (κ2) is 11.2. The zero-order valence-corrected chi connectivity index (χ0v) is 18.2. The summed E-state index contributed by atoms with van der Waals surface area (Å²) in [5.74, 6) is -0.466. The van der Waals surface area contributed by atoms with Gasteiger partial charge in [-0.05, 0) is 42.8 Å². The van der Waals surface area contributed by atoms with Crippen molar-refractivity contribution >= 4 is 34.1 Å². The average Bonchev–Trinajstić information content (AvgIpc) is 3.17. The van der Waals surface area contributed by atoms with Gasteiger partial charge >= 0.3 is 11.9 Å². The molecule has 3 rings (SSSR count). The molecule has 0 aliphatic carbocycles. The molecule has 31 heavy (non-hydrogen) atoms. The van der Waals surface area contributed by atoms with E-state index in [0.29, 0.717) is 0 Å². The molecule has 1 heterocycles. The van der Waals surface area contributed by atoms with Crippen LogP contribution in [0.4, 0.5) is 10.8 Å². The zero-order valence-electron chi connectivity index (χ0n) is 17.4. The van der Waals surface area contributed by atoms with Crippen LogP contribution in [0.5, 0.6) is 11.5 Å². The summed E-state index contributed by atoms with van der Waals surface area (Å²) in [4.78, 5) is 22.5. The summed E-state index contributed by atoms with van der Waals surface area (Å²) >= 11 is 1.53. The van der Waals surface area contributed by atoms with Crippen LogP contribution < -0.4 is 20.1 Å². The molecule has 0 bridgehead atoms. The fourth-order valence-electron chi connectivity index (χ4n) is 2.78. The summed E-state index contributed by atoms with van der Waals surface area (Å²) < 4.78 is 10.2. The molecule has 2 aromatic carbocycles. The molecule has 1 aromatic heterocycles. The van der Waals surface area contributed by atoms with E-state index in [1.54, 1.807) is 12.1 Å². The van der Waals surface area contributed by atoms with E-state index < -0.39 is 11.9 Å². The van der Waals surface area contributed by atoms with Crippen molar-refractivity contribution in [2.24, 2.45) is 0 Å². The van der Waals surface area contributed by atoms with E-state index >= 15 is 0 Å². The Kier molecular flexibility index (Phi) is 8.08. The van der Waals surface area contributed by atoms with Crippen LogP contribution in [-0.2, 0) is 22.4 Å². The summed E-state index contributed by atoms with van der Waals surface area (Å²) in [5.41, 5.74) is 1.95. The number of benzene rings is 2. The monoisotopic (exact) mass is 440 g/mol. The number of hydrogen-bond acceptors (Lipinski definition) is 9. The van der Waals surface area contributed by atoms with Crippen LogP contribution in [0.1, 0.15) is 24.4 Å². The molecule has 0 saturated heterocycles. The smallest absolute Gasteiger partial charge is 0.308 e. The number of hydrogen-bond donors (Lipinski definition) is 2. The number of para-hydroxylation sites is 1. The maximum absolute atomic E-state index is 11.3. The molecule has 0 amide bonds. The van der Waals surface area contributed by atoms with Crippen molar-refractivity contribution in [1.82, 2.24) is 15.5 Å². The SMILES string of the molecule is CC(=O)Oc1ccc(CCNCCc2nnc(Nc3ccccc3)s2)cc1OC(C)=O. The second-order valence-electron chi connectivity index (χ2n) is 6.71. The van der Waals surface area contributed by atoms with E-state index in [4.69, 9.17) is 9.47 Å². The van der Waals surface area contributed by atoms with Crippen molar-refractivity contribution in [3.05, 3.63) is 59.1 Å².